The van der Waals surface area contributed by atoms with Crippen molar-refractivity contribution in [2.24, 2.45) is 0 Å². The van der Waals surface area contributed by atoms with Gasteiger partial charge in [0.05, 0.1) is 21.7 Å². The fourth-order valence-electron chi connectivity index (χ4n) is 1.51. The number of nitrogens with zero attached hydrogens (tertiary/aromatic N) is 1. The Balaban J connectivity index is 2.62. The molecular formula is C12H7Cl3FNO. The molecule has 0 aliphatic heterocycles. The first-order chi connectivity index (χ1) is 8.54. The fraction of sp³-hybridized carbons (Fsp3) is 0.0833. The van der Waals surface area contributed by atoms with Crippen molar-refractivity contribution in [2.45, 2.75) is 6.61 Å². The topological polar surface area (TPSA) is 33.1 Å². The molecule has 0 amide bonds. The van der Waals surface area contributed by atoms with Gasteiger partial charge in [-0.3, -0.25) is 4.98 Å². The van der Waals surface area contributed by atoms with Crippen LogP contribution >= 0.6 is 34.8 Å². The van der Waals surface area contributed by atoms with Gasteiger partial charge in [-0.2, -0.15) is 0 Å². The molecule has 0 radical (unpaired) electrons. The predicted octanol–water partition coefficient (Wildman–Crippen LogP) is 4.34. The van der Waals surface area contributed by atoms with E-state index < -0.39 is 12.4 Å². The van der Waals surface area contributed by atoms with E-state index in [1.54, 1.807) is 12.1 Å². The van der Waals surface area contributed by atoms with Crippen LogP contribution < -0.4 is 0 Å². The molecule has 18 heavy (non-hydrogen) atoms. The molecule has 1 N–H and O–H groups in total. The molecule has 0 saturated carbocycles. The summed E-state index contributed by atoms with van der Waals surface area (Å²) in [5, 5.41) is 9.77. The van der Waals surface area contributed by atoms with Crippen LogP contribution in [0.4, 0.5) is 4.39 Å². The number of benzene rings is 1. The Morgan fingerprint density at radius 3 is 2.44 bits per heavy atom. The van der Waals surface area contributed by atoms with Crippen LogP contribution in [-0.2, 0) is 6.61 Å². The van der Waals surface area contributed by atoms with Gasteiger partial charge in [0.15, 0.2) is 0 Å². The highest BCUT2D eigenvalue weighted by Crippen LogP contribution is 2.39. The Morgan fingerprint density at radius 2 is 1.83 bits per heavy atom. The van der Waals surface area contributed by atoms with Crippen molar-refractivity contribution in [2.75, 3.05) is 0 Å². The van der Waals surface area contributed by atoms with Gasteiger partial charge in [-0.15, -0.1) is 0 Å². The molecule has 6 heteroatoms. The van der Waals surface area contributed by atoms with Gasteiger partial charge < -0.3 is 5.11 Å². The van der Waals surface area contributed by atoms with Crippen LogP contribution in [0, 0.1) is 5.82 Å². The van der Waals surface area contributed by atoms with Crippen LogP contribution in [0.25, 0.3) is 11.1 Å². The summed E-state index contributed by atoms with van der Waals surface area (Å²) in [7, 11) is 0. The Bertz CT molecular complexity index is 604. The summed E-state index contributed by atoms with van der Waals surface area (Å²) < 4.78 is 13.6. The molecule has 0 saturated heterocycles. The van der Waals surface area contributed by atoms with E-state index in [1.807, 2.05) is 0 Å². The number of hydrogen-bond donors (Lipinski definition) is 1. The molecule has 2 aromatic rings. The summed E-state index contributed by atoms with van der Waals surface area (Å²) in [6.45, 7) is -0.469. The molecule has 1 heterocycles. The molecular weight excluding hydrogens is 299 g/mol. The predicted molar refractivity (Wildman–Crippen MR) is 70.6 cm³/mol. The molecule has 0 atom stereocenters. The van der Waals surface area contributed by atoms with Gasteiger partial charge in [0, 0.05) is 17.3 Å². The zero-order valence-corrected chi connectivity index (χ0v) is 11.2. The Labute approximate surface area is 118 Å². The first-order valence-electron chi connectivity index (χ1n) is 4.93. The van der Waals surface area contributed by atoms with E-state index in [2.05, 4.69) is 4.98 Å². The molecule has 2 nitrogen and oxygen atoms in total. The van der Waals surface area contributed by atoms with Gasteiger partial charge in [0.25, 0.3) is 0 Å². The third-order valence-electron chi connectivity index (χ3n) is 2.40. The van der Waals surface area contributed by atoms with Crippen molar-refractivity contribution < 1.29 is 9.50 Å². The average Bonchev–Trinajstić information content (AvgIpc) is 2.35. The molecule has 2 rings (SSSR count). The van der Waals surface area contributed by atoms with Crippen molar-refractivity contribution in [1.29, 1.82) is 0 Å². The van der Waals surface area contributed by atoms with E-state index in [0.717, 1.165) is 0 Å². The zero-order valence-electron chi connectivity index (χ0n) is 8.92. The van der Waals surface area contributed by atoms with Gasteiger partial charge in [-0.1, -0.05) is 34.8 Å². The van der Waals surface area contributed by atoms with E-state index in [0.29, 0.717) is 21.2 Å². The second kappa shape index (κ2) is 5.41. The first-order valence-corrected chi connectivity index (χ1v) is 6.07. The number of aliphatic hydroxyl groups is 1. The van der Waals surface area contributed by atoms with Gasteiger partial charge >= 0.3 is 0 Å². The first kappa shape index (κ1) is 13.6. The highest BCUT2D eigenvalue weighted by atomic mass is 35.5. The SMILES string of the molecule is OCc1ncc(-c2c(Cl)ccc(Cl)c2Cl)cc1F. The number of rotatable bonds is 2. The second-order valence-corrected chi connectivity index (χ2v) is 4.72. The summed E-state index contributed by atoms with van der Waals surface area (Å²) in [6, 6.07) is 4.34. The number of hydrogen-bond acceptors (Lipinski definition) is 2. The van der Waals surface area contributed by atoms with Crippen molar-refractivity contribution in [3.63, 3.8) is 0 Å². The Kier molecular flexibility index (Phi) is 4.07. The average molecular weight is 307 g/mol. The quantitative estimate of drug-likeness (QED) is 0.837. The van der Waals surface area contributed by atoms with E-state index in [4.69, 9.17) is 39.9 Å². The fourth-order valence-corrected chi connectivity index (χ4v) is 2.26. The smallest absolute Gasteiger partial charge is 0.147 e. The van der Waals surface area contributed by atoms with Gasteiger partial charge in [0.2, 0.25) is 0 Å². The van der Waals surface area contributed by atoms with Crippen LogP contribution in [0.5, 0.6) is 0 Å². The van der Waals surface area contributed by atoms with Crippen molar-refractivity contribution in [3.05, 3.63) is 51.0 Å². The lowest BCUT2D eigenvalue weighted by Crippen LogP contribution is -1.95. The molecule has 0 fully saturated rings. The number of aromatic nitrogens is 1. The maximum Gasteiger partial charge on any atom is 0.147 e. The summed E-state index contributed by atoms with van der Waals surface area (Å²) in [6.07, 6.45) is 1.39. The van der Waals surface area contributed by atoms with E-state index >= 15 is 0 Å². The lowest BCUT2D eigenvalue weighted by atomic mass is 10.1. The molecule has 1 aromatic heterocycles. The number of pyridine rings is 1. The van der Waals surface area contributed by atoms with Crippen LogP contribution in [0.2, 0.25) is 15.1 Å². The number of halogens is 4. The highest BCUT2D eigenvalue weighted by molar-refractivity contribution is 6.46. The van der Waals surface area contributed by atoms with Crippen LogP contribution in [0.15, 0.2) is 24.4 Å². The van der Waals surface area contributed by atoms with Crippen molar-refractivity contribution in [3.8, 4) is 11.1 Å². The van der Waals surface area contributed by atoms with Gasteiger partial charge in [0.1, 0.15) is 11.5 Å². The molecule has 0 bridgehead atoms. The molecule has 0 spiro atoms. The van der Waals surface area contributed by atoms with Gasteiger partial charge in [-0.25, -0.2) is 4.39 Å². The lowest BCUT2D eigenvalue weighted by Gasteiger charge is -2.09. The molecule has 1 aromatic carbocycles. The van der Waals surface area contributed by atoms with E-state index in [1.165, 1.54) is 12.3 Å². The maximum absolute atomic E-state index is 13.6. The van der Waals surface area contributed by atoms with Gasteiger partial charge in [-0.05, 0) is 18.2 Å². The lowest BCUT2D eigenvalue weighted by molar-refractivity contribution is 0.270. The Morgan fingerprint density at radius 1 is 1.17 bits per heavy atom. The largest absolute Gasteiger partial charge is 0.390 e. The van der Waals surface area contributed by atoms with Crippen molar-refractivity contribution in [1.82, 2.24) is 4.98 Å². The summed E-state index contributed by atoms with van der Waals surface area (Å²) in [5.74, 6) is -0.623. The minimum Gasteiger partial charge on any atom is -0.390 e. The number of aliphatic hydroxyl groups excluding tert-OH is 1. The second-order valence-electron chi connectivity index (χ2n) is 3.53. The minimum atomic E-state index is -0.623. The normalized spacial score (nSPS) is 10.7. The highest BCUT2D eigenvalue weighted by Gasteiger charge is 2.14. The maximum atomic E-state index is 13.6. The third-order valence-corrected chi connectivity index (χ3v) is 3.52. The Hall–Kier alpha value is -0.870. The molecule has 94 valence electrons. The van der Waals surface area contributed by atoms with Crippen LogP contribution in [0.1, 0.15) is 5.69 Å². The summed E-state index contributed by atoms with van der Waals surface area (Å²) in [4.78, 5) is 3.80. The zero-order chi connectivity index (χ0) is 13.3. The van der Waals surface area contributed by atoms with Crippen molar-refractivity contribution >= 4 is 34.8 Å². The molecule has 0 aliphatic carbocycles. The van der Waals surface area contributed by atoms with E-state index in [9.17, 15) is 4.39 Å². The minimum absolute atomic E-state index is 0.0342. The third kappa shape index (κ3) is 2.45. The standard InChI is InChI=1S/C12H7Cl3FNO/c13-7-1-2-8(14)12(15)11(7)6-3-9(16)10(5-18)17-4-6/h1-4,18H,5H2. The molecule has 0 aliphatic rings. The molecule has 0 unspecified atom stereocenters. The monoisotopic (exact) mass is 305 g/mol. The van der Waals surface area contributed by atoms with Crippen LogP contribution in [0.3, 0.4) is 0 Å². The summed E-state index contributed by atoms with van der Waals surface area (Å²) >= 11 is 18.0. The van der Waals surface area contributed by atoms with Crippen LogP contribution in [-0.4, -0.2) is 10.1 Å². The van der Waals surface area contributed by atoms with E-state index in [-0.39, 0.29) is 10.7 Å². The summed E-state index contributed by atoms with van der Waals surface area (Å²) in [5.41, 5.74) is 0.789.